The number of hydrogen-bond acceptors (Lipinski definition) is 2. The van der Waals surface area contributed by atoms with Crippen LogP contribution in [0, 0.1) is 5.41 Å². The second-order valence-electron chi connectivity index (χ2n) is 5.69. The lowest BCUT2D eigenvalue weighted by Crippen LogP contribution is -2.20. The predicted octanol–water partition coefficient (Wildman–Crippen LogP) is 3.28. The Morgan fingerprint density at radius 1 is 1.56 bits per heavy atom. The van der Waals surface area contributed by atoms with Crippen molar-refractivity contribution in [3.8, 4) is 0 Å². The molecule has 0 spiro atoms. The summed E-state index contributed by atoms with van der Waals surface area (Å²) in [5, 5.41) is 3.58. The van der Waals surface area contributed by atoms with Crippen LogP contribution in [-0.2, 0) is 6.54 Å². The van der Waals surface area contributed by atoms with Crippen LogP contribution in [0.3, 0.4) is 0 Å². The molecule has 0 amide bonds. The molecule has 0 aliphatic heterocycles. The minimum atomic E-state index is 0.500. The van der Waals surface area contributed by atoms with Crippen LogP contribution in [0.4, 0.5) is 5.95 Å². The quantitative estimate of drug-likeness (QED) is 0.845. The Labute approximate surface area is 98.3 Å². The van der Waals surface area contributed by atoms with Gasteiger partial charge >= 0.3 is 0 Å². The van der Waals surface area contributed by atoms with Crippen LogP contribution in [0.1, 0.15) is 46.5 Å². The first-order valence-corrected chi connectivity index (χ1v) is 6.38. The fourth-order valence-electron chi connectivity index (χ4n) is 2.61. The van der Waals surface area contributed by atoms with E-state index in [0.29, 0.717) is 11.5 Å². The van der Waals surface area contributed by atoms with Crippen LogP contribution in [0.25, 0.3) is 0 Å². The Balaban J connectivity index is 1.96. The highest BCUT2D eigenvalue weighted by Gasteiger charge is 2.31. The summed E-state index contributed by atoms with van der Waals surface area (Å²) in [4.78, 5) is 4.40. The summed E-state index contributed by atoms with van der Waals surface area (Å²) in [7, 11) is 0. The molecule has 1 unspecified atom stereocenters. The first-order chi connectivity index (χ1) is 7.61. The van der Waals surface area contributed by atoms with E-state index in [2.05, 4.69) is 41.8 Å². The van der Waals surface area contributed by atoms with E-state index in [1.165, 1.54) is 19.3 Å². The van der Waals surface area contributed by atoms with Crippen molar-refractivity contribution in [1.82, 2.24) is 9.55 Å². The Bertz CT molecular complexity index is 341. The summed E-state index contributed by atoms with van der Waals surface area (Å²) in [6.45, 7) is 7.96. The fourth-order valence-corrected chi connectivity index (χ4v) is 2.61. The zero-order valence-corrected chi connectivity index (χ0v) is 10.7. The zero-order chi connectivity index (χ0) is 11.6. The average molecular weight is 221 g/mol. The summed E-state index contributed by atoms with van der Waals surface area (Å²) in [6, 6.07) is 0.605. The number of anilines is 1. The molecule has 0 bridgehead atoms. The van der Waals surface area contributed by atoms with E-state index in [4.69, 9.17) is 0 Å². The number of nitrogens with zero attached hydrogens (tertiary/aromatic N) is 2. The largest absolute Gasteiger partial charge is 0.353 e. The molecule has 0 radical (unpaired) electrons. The molecule has 3 heteroatoms. The molecule has 1 N–H and O–H groups in total. The van der Waals surface area contributed by atoms with Gasteiger partial charge in [-0.3, -0.25) is 0 Å². The van der Waals surface area contributed by atoms with E-state index in [0.717, 1.165) is 18.9 Å². The lowest BCUT2D eigenvalue weighted by atomic mass is 9.92. The Morgan fingerprint density at radius 3 is 3.00 bits per heavy atom. The van der Waals surface area contributed by atoms with Crippen LogP contribution in [0.15, 0.2) is 12.4 Å². The first-order valence-electron chi connectivity index (χ1n) is 6.38. The van der Waals surface area contributed by atoms with Crippen LogP contribution in [-0.4, -0.2) is 15.6 Å². The van der Waals surface area contributed by atoms with Crippen LogP contribution < -0.4 is 5.32 Å². The standard InChI is InChI=1S/C13H23N3/c1-4-8-16-9-7-14-12(16)15-11-5-6-13(2,3)10-11/h7,9,11H,4-6,8,10H2,1-3H3,(H,14,15). The summed E-state index contributed by atoms with van der Waals surface area (Å²) in [5.41, 5.74) is 0.500. The van der Waals surface area contributed by atoms with Gasteiger partial charge in [0.2, 0.25) is 5.95 Å². The molecule has 2 rings (SSSR count). The third-order valence-corrected chi connectivity index (χ3v) is 3.48. The minimum Gasteiger partial charge on any atom is -0.353 e. The number of imidazole rings is 1. The molecule has 1 fully saturated rings. The highest BCUT2D eigenvalue weighted by Crippen LogP contribution is 2.38. The lowest BCUT2D eigenvalue weighted by Gasteiger charge is -2.18. The molecule has 1 aliphatic carbocycles. The number of aryl methyl sites for hydroxylation is 1. The van der Waals surface area contributed by atoms with Crippen molar-refractivity contribution < 1.29 is 0 Å². The summed E-state index contributed by atoms with van der Waals surface area (Å²) in [5.74, 6) is 1.05. The van der Waals surface area contributed by atoms with Crippen molar-refractivity contribution in [2.75, 3.05) is 5.32 Å². The van der Waals surface area contributed by atoms with Crippen molar-refractivity contribution in [2.45, 2.75) is 59.0 Å². The van der Waals surface area contributed by atoms with Crippen molar-refractivity contribution in [3.63, 3.8) is 0 Å². The van der Waals surface area contributed by atoms with E-state index in [1.54, 1.807) is 0 Å². The molecule has 1 aromatic heterocycles. The van der Waals surface area contributed by atoms with Gasteiger partial charge in [0.15, 0.2) is 0 Å². The van der Waals surface area contributed by atoms with Crippen molar-refractivity contribution in [3.05, 3.63) is 12.4 Å². The molecule has 1 aromatic rings. The second kappa shape index (κ2) is 4.48. The molecule has 0 saturated heterocycles. The number of aromatic nitrogens is 2. The van der Waals surface area contributed by atoms with Gasteiger partial charge in [-0.15, -0.1) is 0 Å². The van der Waals surface area contributed by atoms with E-state index < -0.39 is 0 Å². The third-order valence-electron chi connectivity index (χ3n) is 3.48. The smallest absolute Gasteiger partial charge is 0.202 e. The molecule has 3 nitrogen and oxygen atoms in total. The van der Waals surface area contributed by atoms with Gasteiger partial charge in [-0.25, -0.2) is 4.98 Å². The van der Waals surface area contributed by atoms with E-state index in [-0.39, 0.29) is 0 Å². The number of hydrogen-bond donors (Lipinski definition) is 1. The van der Waals surface area contributed by atoms with Gasteiger partial charge in [0.25, 0.3) is 0 Å². The van der Waals surface area contributed by atoms with Gasteiger partial charge < -0.3 is 9.88 Å². The van der Waals surface area contributed by atoms with Crippen molar-refractivity contribution in [2.24, 2.45) is 5.41 Å². The zero-order valence-electron chi connectivity index (χ0n) is 10.7. The van der Waals surface area contributed by atoms with Gasteiger partial charge in [-0.2, -0.15) is 0 Å². The molecular weight excluding hydrogens is 198 g/mol. The highest BCUT2D eigenvalue weighted by molar-refractivity contribution is 5.28. The lowest BCUT2D eigenvalue weighted by molar-refractivity contribution is 0.378. The van der Waals surface area contributed by atoms with Crippen LogP contribution >= 0.6 is 0 Å². The molecule has 1 aliphatic rings. The molecule has 16 heavy (non-hydrogen) atoms. The third kappa shape index (κ3) is 2.57. The van der Waals surface area contributed by atoms with Gasteiger partial charge in [0.05, 0.1) is 0 Å². The summed E-state index contributed by atoms with van der Waals surface area (Å²) in [6.07, 6.45) is 8.95. The maximum atomic E-state index is 4.40. The molecule has 0 aromatic carbocycles. The van der Waals surface area contributed by atoms with E-state index in [9.17, 15) is 0 Å². The minimum absolute atomic E-state index is 0.500. The Hall–Kier alpha value is -0.990. The predicted molar refractivity (Wildman–Crippen MR) is 67.6 cm³/mol. The number of rotatable bonds is 4. The monoisotopic (exact) mass is 221 g/mol. The first kappa shape index (κ1) is 11.5. The van der Waals surface area contributed by atoms with Crippen molar-refractivity contribution >= 4 is 5.95 Å². The maximum absolute atomic E-state index is 4.40. The van der Waals surface area contributed by atoms with Gasteiger partial charge in [-0.1, -0.05) is 20.8 Å². The average Bonchev–Trinajstić information content (AvgIpc) is 2.76. The number of nitrogens with one attached hydrogen (secondary N) is 1. The molecular formula is C13H23N3. The highest BCUT2D eigenvalue weighted by atomic mass is 15.2. The normalized spacial score (nSPS) is 23.6. The second-order valence-corrected chi connectivity index (χ2v) is 5.69. The Morgan fingerprint density at radius 2 is 2.38 bits per heavy atom. The molecule has 1 atom stereocenters. The van der Waals surface area contributed by atoms with Gasteiger partial charge in [0, 0.05) is 25.0 Å². The topological polar surface area (TPSA) is 29.9 Å². The van der Waals surface area contributed by atoms with Gasteiger partial charge in [-0.05, 0) is 31.1 Å². The molecule has 90 valence electrons. The van der Waals surface area contributed by atoms with Crippen LogP contribution in [0.5, 0.6) is 0 Å². The fraction of sp³-hybridized carbons (Fsp3) is 0.769. The van der Waals surface area contributed by atoms with Crippen molar-refractivity contribution in [1.29, 1.82) is 0 Å². The van der Waals surface area contributed by atoms with Crippen LogP contribution in [0.2, 0.25) is 0 Å². The SMILES string of the molecule is CCCn1ccnc1NC1CCC(C)(C)C1. The Kier molecular flexibility index (Phi) is 3.22. The maximum Gasteiger partial charge on any atom is 0.202 e. The van der Waals surface area contributed by atoms with E-state index >= 15 is 0 Å². The summed E-state index contributed by atoms with van der Waals surface area (Å²) < 4.78 is 2.21. The van der Waals surface area contributed by atoms with E-state index in [1.807, 2.05) is 6.20 Å². The molecule has 1 heterocycles. The summed E-state index contributed by atoms with van der Waals surface area (Å²) >= 11 is 0. The van der Waals surface area contributed by atoms with Gasteiger partial charge in [0.1, 0.15) is 0 Å². The molecule has 1 saturated carbocycles.